The van der Waals surface area contributed by atoms with Gasteiger partial charge in [-0.05, 0) is 18.6 Å². The van der Waals surface area contributed by atoms with E-state index in [1.165, 1.54) is 6.26 Å². The van der Waals surface area contributed by atoms with Crippen LogP contribution in [-0.4, -0.2) is 11.1 Å². The van der Waals surface area contributed by atoms with Crippen molar-refractivity contribution in [2.75, 3.05) is 0 Å². The Morgan fingerprint density at radius 3 is 2.91 bits per heavy atom. The molecule has 1 heterocycles. The highest BCUT2D eigenvalue weighted by Crippen LogP contribution is 2.16. The zero-order chi connectivity index (χ0) is 8.27. The molecule has 3 N–H and O–H groups in total. The second-order valence-corrected chi connectivity index (χ2v) is 2.53. The van der Waals surface area contributed by atoms with E-state index in [1.807, 2.05) is 6.92 Å². The number of hydrogen-bond acceptors (Lipinski definition) is 3. The van der Waals surface area contributed by atoms with Crippen LogP contribution in [-0.2, 0) is 0 Å². The van der Waals surface area contributed by atoms with Crippen LogP contribution in [0.15, 0.2) is 22.8 Å². The fraction of sp³-hybridized carbons (Fsp3) is 0.500. The van der Waals surface area contributed by atoms with E-state index < -0.39 is 6.10 Å². The largest absolute Gasteiger partial charge is 0.467 e. The van der Waals surface area contributed by atoms with Gasteiger partial charge >= 0.3 is 0 Å². The Morgan fingerprint density at radius 1 is 1.73 bits per heavy atom. The third kappa shape index (κ3) is 1.82. The molecule has 1 aromatic rings. The van der Waals surface area contributed by atoms with E-state index in [1.54, 1.807) is 12.1 Å². The van der Waals surface area contributed by atoms with Crippen molar-refractivity contribution >= 4 is 0 Å². The van der Waals surface area contributed by atoms with Crippen molar-refractivity contribution in [3.8, 4) is 0 Å². The van der Waals surface area contributed by atoms with E-state index in [9.17, 15) is 5.11 Å². The van der Waals surface area contributed by atoms with Gasteiger partial charge in [0.1, 0.15) is 11.9 Å². The standard InChI is InChI=1S/C8H13NO2/c1-2-6(9)8(10)7-4-3-5-11-7/h3-6,8,10H,2,9H2,1H3. The average Bonchev–Trinajstić information content (AvgIpc) is 2.53. The van der Waals surface area contributed by atoms with Crippen LogP contribution in [0.1, 0.15) is 25.2 Å². The maximum absolute atomic E-state index is 9.46. The summed E-state index contributed by atoms with van der Waals surface area (Å²) in [7, 11) is 0. The Balaban J connectivity index is 2.62. The molecule has 3 nitrogen and oxygen atoms in total. The molecule has 0 radical (unpaired) electrons. The lowest BCUT2D eigenvalue weighted by Gasteiger charge is -2.13. The fourth-order valence-electron chi connectivity index (χ4n) is 0.894. The summed E-state index contributed by atoms with van der Waals surface area (Å²) in [4.78, 5) is 0. The minimum Gasteiger partial charge on any atom is -0.467 e. The van der Waals surface area contributed by atoms with E-state index in [4.69, 9.17) is 10.2 Å². The molecule has 2 atom stereocenters. The van der Waals surface area contributed by atoms with Gasteiger partial charge in [0, 0.05) is 6.04 Å². The minimum atomic E-state index is -0.671. The third-order valence-corrected chi connectivity index (χ3v) is 1.71. The van der Waals surface area contributed by atoms with Crippen molar-refractivity contribution in [3.63, 3.8) is 0 Å². The topological polar surface area (TPSA) is 59.4 Å². The number of aliphatic hydroxyl groups excluding tert-OH is 1. The smallest absolute Gasteiger partial charge is 0.133 e. The summed E-state index contributed by atoms with van der Waals surface area (Å²) >= 11 is 0. The summed E-state index contributed by atoms with van der Waals surface area (Å²) < 4.78 is 4.99. The summed E-state index contributed by atoms with van der Waals surface area (Å²) in [6.45, 7) is 1.93. The normalized spacial score (nSPS) is 16.3. The van der Waals surface area contributed by atoms with Crippen LogP contribution >= 0.6 is 0 Å². The zero-order valence-electron chi connectivity index (χ0n) is 6.53. The summed E-state index contributed by atoms with van der Waals surface area (Å²) in [5, 5.41) is 9.46. The summed E-state index contributed by atoms with van der Waals surface area (Å²) in [6.07, 6.45) is 1.60. The molecule has 0 saturated heterocycles. The molecule has 0 aliphatic rings. The Bertz CT molecular complexity index is 196. The van der Waals surface area contributed by atoms with E-state index in [0.717, 1.165) is 6.42 Å². The second-order valence-electron chi connectivity index (χ2n) is 2.53. The molecule has 1 rings (SSSR count). The highest BCUT2D eigenvalue weighted by atomic mass is 16.4. The molecule has 11 heavy (non-hydrogen) atoms. The number of furan rings is 1. The summed E-state index contributed by atoms with van der Waals surface area (Å²) in [5.41, 5.74) is 5.60. The van der Waals surface area contributed by atoms with Gasteiger partial charge in [0.2, 0.25) is 0 Å². The van der Waals surface area contributed by atoms with Crippen LogP contribution in [0.25, 0.3) is 0 Å². The van der Waals surface area contributed by atoms with Gasteiger partial charge in [-0.25, -0.2) is 0 Å². The summed E-state index contributed by atoms with van der Waals surface area (Å²) in [6, 6.07) is 3.22. The monoisotopic (exact) mass is 155 g/mol. The second kappa shape index (κ2) is 3.55. The van der Waals surface area contributed by atoms with E-state index in [0.29, 0.717) is 5.76 Å². The van der Waals surface area contributed by atoms with Crippen LogP contribution < -0.4 is 5.73 Å². The van der Waals surface area contributed by atoms with Gasteiger partial charge in [-0.1, -0.05) is 6.92 Å². The quantitative estimate of drug-likeness (QED) is 0.685. The van der Waals surface area contributed by atoms with Gasteiger partial charge in [0.25, 0.3) is 0 Å². The molecule has 0 aromatic carbocycles. The maximum Gasteiger partial charge on any atom is 0.133 e. The van der Waals surface area contributed by atoms with Gasteiger partial charge in [-0.15, -0.1) is 0 Å². The molecule has 0 saturated carbocycles. The van der Waals surface area contributed by atoms with Gasteiger partial charge in [0.05, 0.1) is 6.26 Å². The first-order valence-corrected chi connectivity index (χ1v) is 3.72. The van der Waals surface area contributed by atoms with Crippen molar-refractivity contribution in [1.29, 1.82) is 0 Å². The van der Waals surface area contributed by atoms with Crippen LogP contribution in [0.3, 0.4) is 0 Å². The Labute approximate surface area is 65.8 Å². The molecule has 62 valence electrons. The zero-order valence-corrected chi connectivity index (χ0v) is 6.53. The fourth-order valence-corrected chi connectivity index (χ4v) is 0.894. The first kappa shape index (κ1) is 8.30. The molecular formula is C8H13NO2. The Hall–Kier alpha value is -0.800. The Morgan fingerprint density at radius 2 is 2.45 bits per heavy atom. The first-order valence-electron chi connectivity index (χ1n) is 3.72. The van der Waals surface area contributed by atoms with Crippen molar-refractivity contribution < 1.29 is 9.52 Å². The van der Waals surface area contributed by atoms with Crippen molar-refractivity contribution in [2.45, 2.75) is 25.5 Å². The van der Waals surface area contributed by atoms with Gasteiger partial charge < -0.3 is 15.3 Å². The van der Waals surface area contributed by atoms with Crippen LogP contribution in [0, 0.1) is 0 Å². The van der Waals surface area contributed by atoms with Gasteiger partial charge in [-0.3, -0.25) is 0 Å². The number of aliphatic hydroxyl groups is 1. The lowest BCUT2D eigenvalue weighted by Crippen LogP contribution is -2.26. The molecule has 1 aromatic heterocycles. The van der Waals surface area contributed by atoms with Crippen molar-refractivity contribution in [2.24, 2.45) is 5.73 Å². The number of rotatable bonds is 3. The lowest BCUT2D eigenvalue weighted by molar-refractivity contribution is 0.119. The lowest BCUT2D eigenvalue weighted by atomic mass is 10.1. The highest BCUT2D eigenvalue weighted by molar-refractivity contribution is 5.03. The molecule has 0 aliphatic carbocycles. The Kier molecular flexibility index (Phi) is 2.68. The molecule has 0 bridgehead atoms. The van der Waals surface area contributed by atoms with E-state index in [-0.39, 0.29) is 6.04 Å². The number of nitrogens with two attached hydrogens (primary N) is 1. The molecular weight excluding hydrogens is 142 g/mol. The van der Waals surface area contributed by atoms with Gasteiger partial charge in [0.15, 0.2) is 0 Å². The van der Waals surface area contributed by atoms with E-state index in [2.05, 4.69) is 0 Å². The molecule has 3 heteroatoms. The molecule has 0 amide bonds. The van der Waals surface area contributed by atoms with Crippen LogP contribution in [0.2, 0.25) is 0 Å². The molecule has 0 aliphatic heterocycles. The molecule has 2 unspecified atom stereocenters. The number of hydrogen-bond donors (Lipinski definition) is 2. The van der Waals surface area contributed by atoms with Crippen LogP contribution in [0.4, 0.5) is 0 Å². The first-order chi connectivity index (χ1) is 5.25. The van der Waals surface area contributed by atoms with Crippen LogP contribution in [0.5, 0.6) is 0 Å². The molecule has 0 spiro atoms. The maximum atomic E-state index is 9.46. The predicted octanol–water partition coefficient (Wildman–Crippen LogP) is 1.05. The highest BCUT2D eigenvalue weighted by Gasteiger charge is 2.16. The minimum absolute atomic E-state index is 0.235. The summed E-state index contributed by atoms with van der Waals surface area (Å²) in [5.74, 6) is 0.541. The van der Waals surface area contributed by atoms with Crippen molar-refractivity contribution in [3.05, 3.63) is 24.2 Å². The van der Waals surface area contributed by atoms with Crippen molar-refractivity contribution in [1.82, 2.24) is 0 Å². The predicted molar refractivity (Wildman–Crippen MR) is 41.9 cm³/mol. The third-order valence-electron chi connectivity index (χ3n) is 1.71. The SMILES string of the molecule is CCC(N)C(O)c1ccco1. The van der Waals surface area contributed by atoms with Gasteiger partial charge in [-0.2, -0.15) is 0 Å². The molecule has 0 fully saturated rings. The van der Waals surface area contributed by atoms with E-state index >= 15 is 0 Å². The average molecular weight is 155 g/mol.